The molecule has 0 saturated heterocycles. The fourth-order valence-corrected chi connectivity index (χ4v) is 1.69. The first-order valence-electron chi connectivity index (χ1n) is 5.57. The van der Waals surface area contributed by atoms with Crippen LogP contribution >= 0.6 is 11.6 Å². The highest BCUT2D eigenvalue weighted by Gasteiger charge is 2.13. The normalized spacial score (nSPS) is 12.5. The van der Waals surface area contributed by atoms with Crippen molar-refractivity contribution in [2.24, 2.45) is 0 Å². The lowest BCUT2D eigenvalue weighted by molar-refractivity contribution is 0.203. The largest absolute Gasteiger partial charge is 0.383 e. The Bertz CT molecular complexity index is 320. The minimum Gasteiger partial charge on any atom is -0.383 e. The highest BCUT2D eigenvalue weighted by molar-refractivity contribution is 6.29. The highest BCUT2D eigenvalue weighted by atomic mass is 35.5. The zero-order valence-electron chi connectivity index (χ0n) is 10.1. The van der Waals surface area contributed by atoms with Crippen LogP contribution in [0.5, 0.6) is 0 Å². The third-order valence-electron chi connectivity index (χ3n) is 2.65. The number of ether oxygens (including phenoxy) is 1. The van der Waals surface area contributed by atoms with Gasteiger partial charge in [-0.2, -0.15) is 0 Å². The number of hydrogen-bond acceptors (Lipinski definition) is 3. The van der Waals surface area contributed by atoms with Gasteiger partial charge in [-0.1, -0.05) is 24.6 Å². The van der Waals surface area contributed by atoms with Crippen molar-refractivity contribution in [3.8, 4) is 0 Å². The van der Waals surface area contributed by atoms with Crippen LogP contribution in [0.2, 0.25) is 5.15 Å². The average Bonchev–Trinajstić information content (AvgIpc) is 2.29. The van der Waals surface area contributed by atoms with Gasteiger partial charge >= 0.3 is 0 Å². The third kappa shape index (κ3) is 3.65. The molecule has 16 heavy (non-hydrogen) atoms. The van der Waals surface area contributed by atoms with Crippen LogP contribution in [0.3, 0.4) is 0 Å². The van der Waals surface area contributed by atoms with Gasteiger partial charge in [0.05, 0.1) is 6.61 Å². The van der Waals surface area contributed by atoms with E-state index in [2.05, 4.69) is 23.7 Å². The monoisotopic (exact) mass is 242 g/mol. The molecule has 3 nitrogen and oxygen atoms in total. The molecule has 0 radical (unpaired) electrons. The van der Waals surface area contributed by atoms with Crippen LogP contribution in [0.25, 0.3) is 0 Å². The van der Waals surface area contributed by atoms with Crippen LogP contribution in [0, 0.1) is 0 Å². The molecular formula is C12H19ClN2O. The van der Waals surface area contributed by atoms with Gasteiger partial charge in [0.15, 0.2) is 0 Å². The average molecular weight is 243 g/mol. The Morgan fingerprint density at radius 1 is 1.50 bits per heavy atom. The van der Waals surface area contributed by atoms with Crippen LogP contribution in [0.1, 0.15) is 20.3 Å². The molecule has 0 bridgehead atoms. The fourth-order valence-electron chi connectivity index (χ4n) is 1.53. The molecule has 0 aromatic carbocycles. The van der Waals surface area contributed by atoms with Gasteiger partial charge < -0.3 is 9.64 Å². The first-order chi connectivity index (χ1) is 7.69. The summed E-state index contributed by atoms with van der Waals surface area (Å²) in [5.41, 5.74) is 0. The van der Waals surface area contributed by atoms with Gasteiger partial charge in [-0.15, -0.1) is 0 Å². The van der Waals surface area contributed by atoms with Crippen LogP contribution in [-0.2, 0) is 4.74 Å². The number of hydrogen-bond donors (Lipinski definition) is 0. The standard InChI is InChI=1S/C12H19ClN2O/c1-4-10(2)15(8-9-16-3)12-7-5-6-11(13)14-12/h5-7,10H,4,8-9H2,1-3H3. The van der Waals surface area contributed by atoms with Crippen molar-refractivity contribution in [2.75, 3.05) is 25.2 Å². The molecule has 0 spiro atoms. The van der Waals surface area contributed by atoms with Gasteiger partial charge in [0.1, 0.15) is 11.0 Å². The molecule has 1 atom stereocenters. The summed E-state index contributed by atoms with van der Waals surface area (Å²) in [6.45, 7) is 5.87. The molecule has 1 aromatic rings. The van der Waals surface area contributed by atoms with E-state index < -0.39 is 0 Å². The molecule has 0 aliphatic rings. The van der Waals surface area contributed by atoms with E-state index in [-0.39, 0.29) is 0 Å². The van der Waals surface area contributed by atoms with Crippen molar-refractivity contribution in [1.82, 2.24) is 4.98 Å². The molecular weight excluding hydrogens is 224 g/mol. The van der Waals surface area contributed by atoms with Gasteiger partial charge in [-0.3, -0.25) is 0 Å². The molecule has 1 unspecified atom stereocenters. The van der Waals surface area contributed by atoms with Crippen LogP contribution in [0.15, 0.2) is 18.2 Å². The summed E-state index contributed by atoms with van der Waals surface area (Å²) in [5, 5.41) is 0.531. The second-order valence-electron chi connectivity index (χ2n) is 3.76. The van der Waals surface area contributed by atoms with Crippen molar-refractivity contribution >= 4 is 17.4 Å². The zero-order valence-corrected chi connectivity index (χ0v) is 10.9. The van der Waals surface area contributed by atoms with Crippen molar-refractivity contribution in [3.05, 3.63) is 23.4 Å². The van der Waals surface area contributed by atoms with Gasteiger partial charge in [-0.25, -0.2) is 4.98 Å². The van der Waals surface area contributed by atoms with E-state index in [0.717, 1.165) is 18.8 Å². The van der Waals surface area contributed by atoms with E-state index in [1.165, 1.54) is 0 Å². The van der Waals surface area contributed by atoms with Crippen LogP contribution < -0.4 is 4.90 Å². The van der Waals surface area contributed by atoms with Crippen molar-refractivity contribution < 1.29 is 4.74 Å². The second-order valence-corrected chi connectivity index (χ2v) is 4.15. The minimum atomic E-state index is 0.432. The predicted octanol–water partition coefficient (Wildman–Crippen LogP) is 2.99. The Hall–Kier alpha value is -0.800. The Balaban J connectivity index is 2.82. The predicted molar refractivity (Wildman–Crippen MR) is 68.2 cm³/mol. The topological polar surface area (TPSA) is 25.4 Å². The summed E-state index contributed by atoms with van der Waals surface area (Å²) in [4.78, 5) is 6.55. The van der Waals surface area contributed by atoms with Gasteiger partial charge in [-0.05, 0) is 25.5 Å². The number of nitrogens with zero attached hydrogens (tertiary/aromatic N) is 2. The number of anilines is 1. The molecule has 0 aliphatic heterocycles. The molecule has 1 aromatic heterocycles. The smallest absolute Gasteiger partial charge is 0.131 e. The summed E-state index contributed by atoms with van der Waals surface area (Å²) in [6.07, 6.45) is 1.07. The first kappa shape index (κ1) is 13.3. The second kappa shape index (κ2) is 6.71. The van der Waals surface area contributed by atoms with E-state index >= 15 is 0 Å². The van der Waals surface area contributed by atoms with E-state index in [1.807, 2.05) is 12.1 Å². The Kier molecular flexibility index (Phi) is 5.56. The maximum absolute atomic E-state index is 5.90. The highest BCUT2D eigenvalue weighted by Crippen LogP contribution is 2.18. The quantitative estimate of drug-likeness (QED) is 0.718. The SMILES string of the molecule is CCC(C)N(CCOC)c1cccc(Cl)n1. The summed E-state index contributed by atoms with van der Waals surface area (Å²) >= 11 is 5.90. The number of rotatable bonds is 6. The van der Waals surface area contributed by atoms with Crippen molar-refractivity contribution in [3.63, 3.8) is 0 Å². The molecule has 0 saturated carbocycles. The molecule has 4 heteroatoms. The van der Waals surface area contributed by atoms with E-state index in [9.17, 15) is 0 Å². The summed E-state index contributed by atoms with van der Waals surface area (Å²) in [7, 11) is 1.71. The number of methoxy groups -OCH3 is 1. The first-order valence-corrected chi connectivity index (χ1v) is 5.95. The third-order valence-corrected chi connectivity index (χ3v) is 2.86. The Morgan fingerprint density at radius 2 is 2.25 bits per heavy atom. The summed E-state index contributed by atoms with van der Waals surface area (Å²) in [6, 6.07) is 6.12. The lowest BCUT2D eigenvalue weighted by atomic mass is 10.2. The summed E-state index contributed by atoms with van der Waals surface area (Å²) < 4.78 is 5.12. The molecule has 0 aliphatic carbocycles. The van der Waals surface area contributed by atoms with E-state index in [1.54, 1.807) is 13.2 Å². The van der Waals surface area contributed by atoms with Crippen molar-refractivity contribution in [2.45, 2.75) is 26.3 Å². The van der Waals surface area contributed by atoms with E-state index in [0.29, 0.717) is 17.8 Å². The van der Waals surface area contributed by atoms with Crippen LogP contribution in [-0.4, -0.2) is 31.3 Å². The zero-order chi connectivity index (χ0) is 12.0. The van der Waals surface area contributed by atoms with Crippen molar-refractivity contribution in [1.29, 1.82) is 0 Å². The minimum absolute atomic E-state index is 0.432. The fraction of sp³-hybridized carbons (Fsp3) is 0.583. The molecule has 90 valence electrons. The van der Waals surface area contributed by atoms with E-state index in [4.69, 9.17) is 16.3 Å². The lowest BCUT2D eigenvalue weighted by Gasteiger charge is -2.29. The van der Waals surface area contributed by atoms with Gasteiger partial charge in [0.25, 0.3) is 0 Å². The molecule has 1 heterocycles. The van der Waals surface area contributed by atoms with Gasteiger partial charge in [0.2, 0.25) is 0 Å². The Morgan fingerprint density at radius 3 is 2.81 bits per heavy atom. The maximum Gasteiger partial charge on any atom is 0.131 e. The number of halogens is 1. The van der Waals surface area contributed by atoms with Crippen LogP contribution in [0.4, 0.5) is 5.82 Å². The number of pyridine rings is 1. The number of aromatic nitrogens is 1. The molecule has 0 N–H and O–H groups in total. The lowest BCUT2D eigenvalue weighted by Crippen LogP contribution is -2.36. The van der Waals surface area contributed by atoms with Gasteiger partial charge in [0, 0.05) is 19.7 Å². The Labute approximate surface area is 102 Å². The molecule has 0 amide bonds. The summed E-state index contributed by atoms with van der Waals surface area (Å²) in [5.74, 6) is 0.916. The molecule has 0 fully saturated rings. The molecule has 1 rings (SSSR count). The maximum atomic E-state index is 5.90.